The highest BCUT2D eigenvalue weighted by molar-refractivity contribution is 5.80. The highest BCUT2D eigenvalue weighted by atomic mass is 15.3. The van der Waals surface area contributed by atoms with Crippen LogP contribution in [-0.2, 0) is 6.54 Å². The van der Waals surface area contributed by atoms with Gasteiger partial charge in [0.25, 0.3) is 0 Å². The minimum Gasteiger partial charge on any atom is -0.316 e. The number of aromatic nitrogens is 3. The number of rotatable bonds is 2. The summed E-state index contributed by atoms with van der Waals surface area (Å²) < 4.78 is 2.14. The second-order valence-corrected chi connectivity index (χ2v) is 5.98. The van der Waals surface area contributed by atoms with Gasteiger partial charge in [-0.2, -0.15) is 5.10 Å². The first-order valence-electron chi connectivity index (χ1n) is 6.56. The van der Waals surface area contributed by atoms with E-state index < -0.39 is 0 Å². The van der Waals surface area contributed by atoms with Gasteiger partial charge in [0.15, 0.2) is 0 Å². The molecule has 1 atom stereocenters. The number of hydrogen-bond acceptors (Lipinski definition) is 3. The highest BCUT2D eigenvalue weighted by Crippen LogP contribution is 2.32. The van der Waals surface area contributed by atoms with Crippen LogP contribution in [0.1, 0.15) is 19.5 Å². The molecule has 96 valence electrons. The minimum absolute atomic E-state index is 0.346. The van der Waals surface area contributed by atoms with E-state index in [1.165, 1.54) is 10.9 Å². The van der Waals surface area contributed by atoms with Crippen LogP contribution >= 0.6 is 0 Å². The molecule has 0 aliphatic carbocycles. The van der Waals surface area contributed by atoms with Gasteiger partial charge in [-0.25, -0.2) is 0 Å². The molecule has 1 aliphatic heterocycles. The van der Waals surface area contributed by atoms with Crippen molar-refractivity contribution in [3.05, 3.63) is 24.2 Å². The maximum atomic E-state index is 4.67. The summed E-state index contributed by atoms with van der Waals surface area (Å²) in [5, 5.41) is 9.32. The van der Waals surface area contributed by atoms with Crippen molar-refractivity contribution in [3.8, 4) is 0 Å². The second kappa shape index (κ2) is 4.05. The van der Waals surface area contributed by atoms with Crippen molar-refractivity contribution in [1.82, 2.24) is 20.1 Å². The number of fused-ring (bicyclic) bond motifs is 1. The van der Waals surface area contributed by atoms with E-state index >= 15 is 0 Å². The van der Waals surface area contributed by atoms with Crippen LogP contribution in [0.25, 0.3) is 10.9 Å². The maximum Gasteiger partial charge on any atom is 0.0716 e. The molecule has 0 aromatic carbocycles. The number of nitrogens with zero attached hydrogens (tertiary/aromatic N) is 3. The lowest BCUT2D eigenvalue weighted by molar-refractivity contribution is 0.253. The Labute approximate surface area is 107 Å². The van der Waals surface area contributed by atoms with Gasteiger partial charge in [0.05, 0.1) is 11.2 Å². The van der Waals surface area contributed by atoms with Crippen LogP contribution in [0.5, 0.6) is 0 Å². The second-order valence-electron chi connectivity index (χ2n) is 5.98. The van der Waals surface area contributed by atoms with Crippen molar-refractivity contribution in [1.29, 1.82) is 0 Å². The standard InChI is InChI=1S/C14H20N4/c1-10-12-7-15-5-4-13(12)18(17-10)8-11-6-16-9-14(11,2)3/h4-5,7,11,16H,6,8-9H2,1-3H3. The lowest BCUT2D eigenvalue weighted by Crippen LogP contribution is -2.26. The Kier molecular flexibility index (Phi) is 2.63. The van der Waals surface area contributed by atoms with Gasteiger partial charge in [0.1, 0.15) is 0 Å². The first-order chi connectivity index (χ1) is 8.58. The third kappa shape index (κ3) is 1.81. The largest absolute Gasteiger partial charge is 0.316 e. The van der Waals surface area contributed by atoms with Crippen molar-refractivity contribution in [2.75, 3.05) is 13.1 Å². The molecule has 1 saturated heterocycles. The molecule has 1 unspecified atom stereocenters. The molecule has 1 fully saturated rings. The maximum absolute atomic E-state index is 4.67. The van der Waals surface area contributed by atoms with Crippen molar-refractivity contribution in [2.24, 2.45) is 11.3 Å². The Hall–Kier alpha value is -1.42. The van der Waals surface area contributed by atoms with Gasteiger partial charge in [0.2, 0.25) is 0 Å². The quantitative estimate of drug-likeness (QED) is 0.878. The molecular formula is C14H20N4. The summed E-state index contributed by atoms with van der Waals surface area (Å²) in [6.07, 6.45) is 3.75. The molecule has 18 heavy (non-hydrogen) atoms. The summed E-state index contributed by atoms with van der Waals surface area (Å²) >= 11 is 0. The van der Waals surface area contributed by atoms with Gasteiger partial charge < -0.3 is 5.32 Å². The fraction of sp³-hybridized carbons (Fsp3) is 0.571. The molecule has 4 heteroatoms. The summed E-state index contributed by atoms with van der Waals surface area (Å²) in [5.41, 5.74) is 2.62. The van der Waals surface area contributed by atoms with Crippen LogP contribution in [0.2, 0.25) is 0 Å². The van der Waals surface area contributed by atoms with Gasteiger partial charge in [-0.3, -0.25) is 9.67 Å². The van der Waals surface area contributed by atoms with E-state index in [-0.39, 0.29) is 0 Å². The SMILES string of the molecule is Cc1nn(CC2CNCC2(C)C)c2ccncc12. The number of aryl methyl sites for hydroxylation is 1. The van der Waals surface area contributed by atoms with Crippen molar-refractivity contribution < 1.29 is 0 Å². The summed E-state index contributed by atoms with van der Waals surface area (Å²) in [7, 11) is 0. The fourth-order valence-corrected chi connectivity index (χ4v) is 2.83. The molecule has 2 aromatic rings. The van der Waals surface area contributed by atoms with Gasteiger partial charge in [-0.05, 0) is 24.3 Å². The molecule has 3 heterocycles. The molecule has 0 spiro atoms. The minimum atomic E-state index is 0.346. The van der Waals surface area contributed by atoms with Crippen LogP contribution in [0.3, 0.4) is 0 Å². The zero-order valence-electron chi connectivity index (χ0n) is 11.3. The van der Waals surface area contributed by atoms with Crippen molar-refractivity contribution in [3.63, 3.8) is 0 Å². The van der Waals surface area contributed by atoms with Gasteiger partial charge in [0, 0.05) is 37.4 Å². The molecule has 4 nitrogen and oxygen atoms in total. The van der Waals surface area contributed by atoms with Crippen molar-refractivity contribution >= 4 is 10.9 Å². The third-order valence-corrected chi connectivity index (χ3v) is 4.21. The Bertz CT molecular complexity index is 570. The lowest BCUT2D eigenvalue weighted by atomic mass is 9.82. The van der Waals surface area contributed by atoms with Gasteiger partial charge in [-0.1, -0.05) is 13.8 Å². The predicted octanol–water partition coefficient (Wildman–Crippen LogP) is 1.99. The Balaban J connectivity index is 1.96. The molecule has 0 bridgehead atoms. The molecule has 0 saturated carbocycles. The number of nitrogens with one attached hydrogen (secondary N) is 1. The van der Waals surface area contributed by atoms with E-state index in [9.17, 15) is 0 Å². The Morgan fingerprint density at radius 1 is 1.50 bits per heavy atom. The van der Waals surface area contributed by atoms with Crippen molar-refractivity contribution in [2.45, 2.75) is 27.3 Å². The number of hydrogen-bond donors (Lipinski definition) is 1. The Morgan fingerprint density at radius 3 is 3.06 bits per heavy atom. The zero-order chi connectivity index (χ0) is 12.8. The molecule has 1 N–H and O–H groups in total. The molecular weight excluding hydrogens is 224 g/mol. The summed E-state index contributed by atoms with van der Waals surface area (Å²) in [6.45, 7) is 9.87. The highest BCUT2D eigenvalue weighted by Gasteiger charge is 2.34. The monoisotopic (exact) mass is 244 g/mol. The smallest absolute Gasteiger partial charge is 0.0716 e. The van der Waals surface area contributed by atoms with Crippen LogP contribution < -0.4 is 5.32 Å². The van der Waals surface area contributed by atoms with E-state index in [2.05, 4.69) is 46.9 Å². The predicted molar refractivity (Wildman–Crippen MR) is 72.4 cm³/mol. The number of pyridine rings is 1. The van der Waals surface area contributed by atoms with Crippen LogP contribution in [0.4, 0.5) is 0 Å². The summed E-state index contributed by atoms with van der Waals surface area (Å²) in [5.74, 6) is 0.633. The first-order valence-corrected chi connectivity index (χ1v) is 6.56. The van der Waals surface area contributed by atoms with E-state index in [4.69, 9.17) is 0 Å². The topological polar surface area (TPSA) is 42.7 Å². The normalized spacial score (nSPS) is 22.7. The molecule has 1 aliphatic rings. The summed E-state index contributed by atoms with van der Waals surface area (Å²) in [4.78, 5) is 4.18. The average Bonchev–Trinajstić information content (AvgIpc) is 2.83. The molecule has 2 aromatic heterocycles. The van der Waals surface area contributed by atoms with Gasteiger partial charge in [-0.15, -0.1) is 0 Å². The Morgan fingerprint density at radius 2 is 2.33 bits per heavy atom. The van der Waals surface area contributed by atoms with E-state index in [1.807, 2.05) is 12.4 Å². The van der Waals surface area contributed by atoms with Crippen LogP contribution in [0, 0.1) is 18.3 Å². The van der Waals surface area contributed by atoms with Crippen LogP contribution in [-0.4, -0.2) is 27.9 Å². The van der Waals surface area contributed by atoms with E-state index in [0.717, 1.165) is 25.3 Å². The lowest BCUT2D eigenvalue weighted by Gasteiger charge is -2.25. The van der Waals surface area contributed by atoms with Crippen LogP contribution in [0.15, 0.2) is 18.5 Å². The molecule has 3 rings (SSSR count). The zero-order valence-corrected chi connectivity index (χ0v) is 11.3. The van der Waals surface area contributed by atoms with Gasteiger partial charge >= 0.3 is 0 Å². The van der Waals surface area contributed by atoms with E-state index in [0.29, 0.717) is 11.3 Å². The molecule has 0 amide bonds. The van der Waals surface area contributed by atoms with E-state index in [1.54, 1.807) is 0 Å². The first kappa shape index (κ1) is 11.7. The fourth-order valence-electron chi connectivity index (χ4n) is 2.83. The molecule has 0 radical (unpaired) electrons. The average molecular weight is 244 g/mol. The third-order valence-electron chi connectivity index (χ3n) is 4.21. The summed E-state index contributed by atoms with van der Waals surface area (Å²) in [6, 6.07) is 2.06.